The van der Waals surface area contributed by atoms with Crippen LogP contribution in [0.2, 0.25) is 10.0 Å². The maximum absolute atomic E-state index is 11.5. The summed E-state index contributed by atoms with van der Waals surface area (Å²) in [6, 6.07) is 3.41. The van der Waals surface area contributed by atoms with E-state index in [0.29, 0.717) is 22.0 Å². The molecule has 1 aliphatic carbocycles. The molecule has 0 atom stereocenters. The van der Waals surface area contributed by atoms with Crippen molar-refractivity contribution in [2.45, 2.75) is 19.3 Å². The van der Waals surface area contributed by atoms with E-state index in [-0.39, 0.29) is 5.78 Å². The Balaban J connectivity index is 2.63. The third-order valence-electron chi connectivity index (χ3n) is 2.29. The Hall–Kier alpha value is -0.530. The van der Waals surface area contributed by atoms with Crippen molar-refractivity contribution in [2.75, 3.05) is 0 Å². The normalized spacial score (nSPS) is 15.7. The van der Waals surface area contributed by atoms with Gasteiger partial charge in [0.1, 0.15) is 0 Å². The molecule has 3 heteroatoms. The van der Waals surface area contributed by atoms with E-state index < -0.39 is 0 Å². The van der Waals surface area contributed by atoms with Crippen molar-refractivity contribution < 1.29 is 4.79 Å². The molecule has 1 aliphatic rings. The van der Waals surface area contributed by atoms with E-state index in [4.69, 9.17) is 23.2 Å². The van der Waals surface area contributed by atoms with Gasteiger partial charge in [-0.1, -0.05) is 23.2 Å². The van der Waals surface area contributed by atoms with E-state index in [1.54, 1.807) is 12.1 Å². The van der Waals surface area contributed by atoms with Crippen molar-refractivity contribution in [3.05, 3.63) is 33.3 Å². The van der Waals surface area contributed by atoms with Gasteiger partial charge in [0.15, 0.2) is 5.78 Å². The lowest BCUT2D eigenvalue weighted by Gasteiger charge is -2.15. The molecule has 0 heterocycles. The van der Waals surface area contributed by atoms with E-state index in [9.17, 15) is 4.79 Å². The molecule has 0 bridgehead atoms. The third kappa shape index (κ3) is 1.59. The summed E-state index contributed by atoms with van der Waals surface area (Å²) in [6.45, 7) is 0. The molecular weight excluding hydrogens is 207 g/mol. The van der Waals surface area contributed by atoms with Gasteiger partial charge in [-0.25, -0.2) is 0 Å². The number of Topliss-reactive ketones (excluding diaryl/α,β-unsaturated/α-hetero) is 1. The van der Waals surface area contributed by atoms with Gasteiger partial charge >= 0.3 is 0 Å². The van der Waals surface area contributed by atoms with Crippen LogP contribution in [0.15, 0.2) is 12.1 Å². The quantitative estimate of drug-likeness (QED) is 0.647. The zero-order valence-electron chi connectivity index (χ0n) is 6.94. The molecule has 0 radical (unpaired) electrons. The Labute approximate surface area is 86.7 Å². The minimum Gasteiger partial charge on any atom is -0.294 e. The van der Waals surface area contributed by atoms with Crippen molar-refractivity contribution in [1.82, 2.24) is 0 Å². The highest BCUT2D eigenvalue weighted by Crippen LogP contribution is 2.30. The lowest BCUT2D eigenvalue weighted by molar-refractivity contribution is 0.0972. The molecule has 0 saturated heterocycles. The standard InChI is InChI=1S/C10H8Cl2O/c11-6-4-8-7(9(12)5-6)2-1-3-10(8)13/h4-5H,1-3H2. The second-order valence-electron chi connectivity index (χ2n) is 3.19. The number of benzene rings is 1. The number of halogens is 2. The van der Waals surface area contributed by atoms with E-state index in [0.717, 1.165) is 18.4 Å². The number of fused-ring (bicyclic) bond motifs is 1. The van der Waals surface area contributed by atoms with Gasteiger partial charge in [-0.05, 0) is 30.5 Å². The third-order valence-corrected chi connectivity index (χ3v) is 2.85. The number of hydrogen-bond acceptors (Lipinski definition) is 1. The molecule has 1 aromatic carbocycles. The molecule has 1 aromatic rings. The zero-order valence-corrected chi connectivity index (χ0v) is 8.45. The first-order valence-corrected chi connectivity index (χ1v) is 4.95. The molecule has 0 aliphatic heterocycles. The van der Waals surface area contributed by atoms with Gasteiger partial charge in [-0.3, -0.25) is 4.79 Å². The minimum atomic E-state index is 0.158. The molecule has 0 N–H and O–H groups in total. The fraction of sp³-hybridized carbons (Fsp3) is 0.300. The molecule has 0 saturated carbocycles. The average Bonchev–Trinajstić information content (AvgIpc) is 2.07. The van der Waals surface area contributed by atoms with Gasteiger partial charge < -0.3 is 0 Å². The van der Waals surface area contributed by atoms with Gasteiger partial charge in [0.25, 0.3) is 0 Å². The number of rotatable bonds is 0. The number of carbonyl (C=O) groups is 1. The Bertz CT molecular complexity index is 371. The minimum absolute atomic E-state index is 0.158. The number of hydrogen-bond donors (Lipinski definition) is 0. The second kappa shape index (κ2) is 3.32. The van der Waals surface area contributed by atoms with Crippen LogP contribution in [0.4, 0.5) is 0 Å². The molecule has 13 heavy (non-hydrogen) atoms. The fourth-order valence-electron chi connectivity index (χ4n) is 1.67. The van der Waals surface area contributed by atoms with Crippen LogP contribution in [-0.2, 0) is 6.42 Å². The lowest BCUT2D eigenvalue weighted by Crippen LogP contribution is -2.11. The second-order valence-corrected chi connectivity index (χ2v) is 4.03. The van der Waals surface area contributed by atoms with Crippen molar-refractivity contribution in [1.29, 1.82) is 0 Å². The number of carbonyl (C=O) groups excluding carboxylic acids is 1. The Morgan fingerprint density at radius 3 is 2.69 bits per heavy atom. The summed E-state index contributed by atoms with van der Waals surface area (Å²) < 4.78 is 0. The first kappa shape index (κ1) is 9.04. The highest BCUT2D eigenvalue weighted by Gasteiger charge is 2.19. The number of ketones is 1. The summed E-state index contributed by atoms with van der Waals surface area (Å²) in [5.41, 5.74) is 1.67. The summed E-state index contributed by atoms with van der Waals surface area (Å²) in [5.74, 6) is 0.158. The van der Waals surface area contributed by atoms with Crippen LogP contribution in [0.5, 0.6) is 0 Å². The molecule has 0 unspecified atom stereocenters. The van der Waals surface area contributed by atoms with Gasteiger partial charge in [0.05, 0.1) is 0 Å². The predicted molar refractivity (Wildman–Crippen MR) is 53.7 cm³/mol. The predicted octanol–water partition coefficient (Wildman–Crippen LogP) is 3.51. The van der Waals surface area contributed by atoms with Crippen LogP contribution < -0.4 is 0 Å². The summed E-state index contributed by atoms with van der Waals surface area (Å²) in [7, 11) is 0. The first-order chi connectivity index (χ1) is 6.18. The highest BCUT2D eigenvalue weighted by molar-refractivity contribution is 6.35. The van der Waals surface area contributed by atoms with Crippen LogP contribution in [0.1, 0.15) is 28.8 Å². The molecule has 68 valence electrons. The zero-order chi connectivity index (χ0) is 9.42. The van der Waals surface area contributed by atoms with Gasteiger partial charge in [-0.2, -0.15) is 0 Å². The summed E-state index contributed by atoms with van der Waals surface area (Å²) in [4.78, 5) is 11.5. The molecule has 0 aromatic heterocycles. The van der Waals surface area contributed by atoms with Crippen LogP contribution >= 0.6 is 23.2 Å². The monoisotopic (exact) mass is 214 g/mol. The van der Waals surface area contributed by atoms with Crippen LogP contribution in [0.25, 0.3) is 0 Å². The van der Waals surface area contributed by atoms with Crippen molar-refractivity contribution in [2.24, 2.45) is 0 Å². The van der Waals surface area contributed by atoms with Crippen molar-refractivity contribution >= 4 is 29.0 Å². The average molecular weight is 215 g/mol. The SMILES string of the molecule is O=C1CCCc2c(Cl)cc(Cl)cc21. The van der Waals surface area contributed by atoms with E-state index in [1.807, 2.05) is 0 Å². The fourth-order valence-corrected chi connectivity index (χ4v) is 2.25. The summed E-state index contributed by atoms with van der Waals surface area (Å²) in [5, 5.41) is 1.16. The van der Waals surface area contributed by atoms with Crippen LogP contribution in [0, 0.1) is 0 Å². The van der Waals surface area contributed by atoms with Crippen LogP contribution in [0.3, 0.4) is 0 Å². The molecule has 2 rings (SSSR count). The van der Waals surface area contributed by atoms with Crippen LogP contribution in [-0.4, -0.2) is 5.78 Å². The van der Waals surface area contributed by atoms with Gasteiger partial charge in [0, 0.05) is 22.0 Å². The Morgan fingerprint density at radius 2 is 1.92 bits per heavy atom. The van der Waals surface area contributed by atoms with E-state index >= 15 is 0 Å². The van der Waals surface area contributed by atoms with Gasteiger partial charge in [-0.15, -0.1) is 0 Å². The Morgan fingerprint density at radius 1 is 1.15 bits per heavy atom. The lowest BCUT2D eigenvalue weighted by atomic mass is 9.91. The smallest absolute Gasteiger partial charge is 0.163 e. The van der Waals surface area contributed by atoms with E-state index in [2.05, 4.69) is 0 Å². The van der Waals surface area contributed by atoms with Crippen molar-refractivity contribution in [3.8, 4) is 0 Å². The molecular formula is C10H8Cl2O. The molecule has 0 fully saturated rings. The maximum Gasteiger partial charge on any atom is 0.163 e. The molecule has 0 spiro atoms. The summed E-state index contributed by atoms with van der Waals surface area (Å²) >= 11 is 11.8. The maximum atomic E-state index is 11.5. The topological polar surface area (TPSA) is 17.1 Å². The molecule has 0 amide bonds. The van der Waals surface area contributed by atoms with E-state index in [1.165, 1.54) is 0 Å². The largest absolute Gasteiger partial charge is 0.294 e. The highest BCUT2D eigenvalue weighted by atomic mass is 35.5. The Kier molecular flexibility index (Phi) is 2.31. The summed E-state index contributed by atoms with van der Waals surface area (Å²) in [6.07, 6.45) is 2.40. The van der Waals surface area contributed by atoms with Crippen molar-refractivity contribution in [3.63, 3.8) is 0 Å². The molecule has 1 nitrogen and oxygen atoms in total. The first-order valence-electron chi connectivity index (χ1n) is 4.19. The van der Waals surface area contributed by atoms with Gasteiger partial charge in [0.2, 0.25) is 0 Å².